The van der Waals surface area contributed by atoms with Crippen LogP contribution in [-0.2, 0) is 16.0 Å². The van der Waals surface area contributed by atoms with Crippen molar-refractivity contribution in [1.82, 2.24) is 4.90 Å². The van der Waals surface area contributed by atoms with Crippen molar-refractivity contribution in [2.45, 2.75) is 6.42 Å². The molecule has 0 saturated carbocycles. The number of nitrogens with zero attached hydrogens (tertiary/aromatic N) is 2. The average molecular weight is 401 g/mol. The van der Waals surface area contributed by atoms with Crippen LogP contribution in [0, 0.1) is 15.9 Å². The van der Waals surface area contributed by atoms with Gasteiger partial charge in [0.2, 0.25) is 5.91 Å². The predicted molar refractivity (Wildman–Crippen MR) is 104 cm³/mol. The smallest absolute Gasteiger partial charge is 0.279 e. The summed E-state index contributed by atoms with van der Waals surface area (Å²) in [6.07, 6.45) is -0.0213. The normalized spacial score (nSPS) is 14.4. The van der Waals surface area contributed by atoms with Crippen LogP contribution in [0.25, 0.3) is 0 Å². The molecule has 152 valence electrons. The van der Waals surface area contributed by atoms with E-state index in [1.54, 1.807) is 29.2 Å². The van der Waals surface area contributed by atoms with Crippen molar-refractivity contribution in [2.75, 3.05) is 38.0 Å². The lowest BCUT2D eigenvalue weighted by Crippen LogP contribution is -3.15. The molecule has 0 bridgehead atoms. The van der Waals surface area contributed by atoms with Crippen LogP contribution in [0.5, 0.6) is 0 Å². The number of rotatable bonds is 6. The Kier molecular flexibility index (Phi) is 6.50. The van der Waals surface area contributed by atoms with Gasteiger partial charge in [0.05, 0.1) is 37.5 Å². The fraction of sp³-hybridized carbons (Fsp3) is 0.300. The van der Waals surface area contributed by atoms with Crippen molar-refractivity contribution < 1.29 is 23.8 Å². The fourth-order valence-corrected chi connectivity index (χ4v) is 3.36. The number of piperazine rings is 1. The lowest BCUT2D eigenvalue weighted by molar-refractivity contribution is -0.895. The van der Waals surface area contributed by atoms with Crippen molar-refractivity contribution in [3.63, 3.8) is 0 Å². The maximum atomic E-state index is 13.2. The molecule has 0 aromatic heterocycles. The zero-order chi connectivity index (χ0) is 20.8. The van der Waals surface area contributed by atoms with Crippen LogP contribution in [0.15, 0.2) is 48.5 Å². The Morgan fingerprint density at radius 3 is 2.55 bits per heavy atom. The van der Waals surface area contributed by atoms with E-state index < -0.39 is 10.7 Å². The third-order valence-electron chi connectivity index (χ3n) is 4.87. The zero-order valence-corrected chi connectivity index (χ0v) is 15.8. The third kappa shape index (κ3) is 5.58. The van der Waals surface area contributed by atoms with Gasteiger partial charge in [-0.05, 0) is 18.2 Å². The summed E-state index contributed by atoms with van der Waals surface area (Å²) in [4.78, 5) is 38.0. The monoisotopic (exact) mass is 401 g/mol. The topological polar surface area (TPSA) is 97.0 Å². The number of carbonyl (C=O) groups is 2. The molecule has 9 heteroatoms. The summed E-state index contributed by atoms with van der Waals surface area (Å²) >= 11 is 0. The van der Waals surface area contributed by atoms with E-state index in [0.717, 1.165) is 4.90 Å². The molecule has 8 nitrogen and oxygen atoms in total. The van der Waals surface area contributed by atoms with Gasteiger partial charge in [0, 0.05) is 17.3 Å². The van der Waals surface area contributed by atoms with Gasteiger partial charge in [0.25, 0.3) is 11.6 Å². The first kappa shape index (κ1) is 20.4. The second kappa shape index (κ2) is 9.24. The maximum Gasteiger partial charge on any atom is 0.279 e. The largest absolute Gasteiger partial charge is 0.331 e. The van der Waals surface area contributed by atoms with Gasteiger partial charge in [-0.2, -0.15) is 0 Å². The summed E-state index contributed by atoms with van der Waals surface area (Å²) in [6.45, 7) is 2.37. The first-order valence-corrected chi connectivity index (χ1v) is 9.31. The van der Waals surface area contributed by atoms with Gasteiger partial charge in [-0.25, -0.2) is 4.39 Å². The molecule has 1 fully saturated rings. The minimum Gasteiger partial charge on any atom is -0.331 e. The van der Waals surface area contributed by atoms with Gasteiger partial charge in [0.1, 0.15) is 5.82 Å². The van der Waals surface area contributed by atoms with Gasteiger partial charge in [-0.15, -0.1) is 0 Å². The van der Waals surface area contributed by atoms with Gasteiger partial charge < -0.3 is 15.1 Å². The van der Waals surface area contributed by atoms with E-state index >= 15 is 0 Å². The Labute approximate surface area is 167 Å². The minimum absolute atomic E-state index is 0.0213. The molecule has 0 radical (unpaired) electrons. The first-order valence-electron chi connectivity index (χ1n) is 9.31. The molecule has 1 heterocycles. The van der Waals surface area contributed by atoms with Gasteiger partial charge >= 0.3 is 0 Å². The van der Waals surface area contributed by atoms with Crippen LogP contribution >= 0.6 is 0 Å². The van der Waals surface area contributed by atoms with E-state index in [1.807, 2.05) is 0 Å². The Morgan fingerprint density at radius 2 is 1.86 bits per heavy atom. The minimum atomic E-state index is -0.484. The quantitative estimate of drug-likeness (QED) is 0.549. The van der Waals surface area contributed by atoms with Crippen molar-refractivity contribution in [2.24, 2.45) is 0 Å². The molecule has 1 saturated heterocycles. The highest BCUT2D eigenvalue weighted by molar-refractivity contribution is 5.91. The standard InChI is InChI=1S/C20H21FN4O4/c21-16-5-3-6-17(13-16)22-19(26)14-23-8-10-24(11-9-23)20(27)12-15-4-1-2-7-18(15)25(28)29/h1-7,13H,8-12,14H2,(H,22,26)/p+1. The highest BCUT2D eigenvalue weighted by Crippen LogP contribution is 2.18. The van der Waals surface area contributed by atoms with E-state index in [1.165, 1.54) is 24.3 Å². The Morgan fingerprint density at radius 1 is 1.14 bits per heavy atom. The predicted octanol–water partition coefficient (Wildman–Crippen LogP) is 0.642. The second-order valence-corrected chi connectivity index (χ2v) is 6.93. The lowest BCUT2D eigenvalue weighted by atomic mass is 10.1. The number of nitro groups is 1. The molecule has 2 aromatic rings. The number of anilines is 1. The van der Waals surface area contributed by atoms with Gasteiger partial charge in [0.15, 0.2) is 6.54 Å². The molecule has 29 heavy (non-hydrogen) atoms. The van der Waals surface area contributed by atoms with Gasteiger partial charge in [-0.3, -0.25) is 19.7 Å². The van der Waals surface area contributed by atoms with Crippen LogP contribution in [0.2, 0.25) is 0 Å². The molecule has 0 spiro atoms. The van der Waals surface area contributed by atoms with Crippen molar-refractivity contribution in [1.29, 1.82) is 0 Å². The maximum absolute atomic E-state index is 13.2. The van der Waals surface area contributed by atoms with E-state index in [0.29, 0.717) is 37.4 Å². The number of nitro benzene ring substituents is 1. The van der Waals surface area contributed by atoms with Crippen LogP contribution in [0.4, 0.5) is 15.8 Å². The number of halogens is 1. The molecule has 0 aliphatic carbocycles. The number of nitrogens with one attached hydrogen (secondary N) is 2. The first-order chi connectivity index (χ1) is 13.9. The number of hydrogen-bond donors (Lipinski definition) is 2. The van der Waals surface area contributed by atoms with Gasteiger partial charge in [-0.1, -0.05) is 24.3 Å². The van der Waals surface area contributed by atoms with Crippen molar-refractivity contribution in [3.05, 3.63) is 70.0 Å². The lowest BCUT2D eigenvalue weighted by Gasteiger charge is -2.32. The van der Waals surface area contributed by atoms with Crippen LogP contribution in [0.1, 0.15) is 5.56 Å². The van der Waals surface area contributed by atoms with E-state index in [4.69, 9.17) is 0 Å². The zero-order valence-electron chi connectivity index (χ0n) is 15.8. The van der Waals surface area contributed by atoms with Crippen molar-refractivity contribution >= 4 is 23.2 Å². The summed E-state index contributed by atoms with van der Waals surface area (Å²) in [5.74, 6) is -0.797. The molecule has 0 atom stereocenters. The Hall–Kier alpha value is -3.33. The number of benzene rings is 2. The molecule has 2 amide bonds. The Balaban J connectivity index is 1.48. The Bertz CT molecular complexity index is 913. The van der Waals surface area contributed by atoms with E-state index in [2.05, 4.69) is 5.32 Å². The second-order valence-electron chi connectivity index (χ2n) is 6.93. The molecule has 2 N–H and O–H groups in total. The van der Waals surface area contributed by atoms with E-state index in [9.17, 15) is 24.1 Å². The molecule has 1 aliphatic rings. The summed E-state index contributed by atoms with van der Waals surface area (Å²) in [7, 11) is 0. The fourth-order valence-electron chi connectivity index (χ4n) is 3.36. The summed E-state index contributed by atoms with van der Waals surface area (Å²) in [5, 5.41) is 13.8. The molecule has 2 aromatic carbocycles. The number of quaternary nitrogens is 1. The highest BCUT2D eigenvalue weighted by atomic mass is 19.1. The molecular formula is C20H22FN4O4+. The SMILES string of the molecule is O=C(C[NH+]1CCN(C(=O)Cc2ccccc2[N+](=O)[O-])CC1)Nc1cccc(F)c1. The van der Waals surface area contributed by atoms with Crippen molar-refractivity contribution in [3.8, 4) is 0 Å². The molecule has 3 rings (SSSR count). The third-order valence-corrected chi connectivity index (χ3v) is 4.87. The average Bonchev–Trinajstić information content (AvgIpc) is 2.68. The van der Waals surface area contributed by atoms with Crippen LogP contribution in [0.3, 0.4) is 0 Å². The molecular weight excluding hydrogens is 379 g/mol. The number of carbonyl (C=O) groups excluding carboxylic acids is 2. The van der Waals surface area contributed by atoms with Crippen LogP contribution < -0.4 is 10.2 Å². The van der Waals surface area contributed by atoms with E-state index in [-0.39, 0.29) is 30.5 Å². The number of para-hydroxylation sites is 1. The highest BCUT2D eigenvalue weighted by Gasteiger charge is 2.26. The molecule has 0 unspecified atom stereocenters. The summed E-state index contributed by atoms with van der Waals surface area (Å²) < 4.78 is 13.2. The summed E-state index contributed by atoms with van der Waals surface area (Å²) in [6, 6.07) is 11.9. The van der Waals surface area contributed by atoms with Crippen LogP contribution in [-0.4, -0.2) is 54.4 Å². The number of hydrogen-bond acceptors (Lipinski definition) is 4. The number of amides is 2. The molecule has 1 aliphatic heterocycles. The summed E-state index contributed by atoms with van der Waals surface area (Å²) in [5.41, 5.74) is 0.749.